The van der Waals surface area contributed by atoms with Gasteiger partial charge in [-0.15, -0.1) is 0 Å². The fourth-order valence-electron chi connectivity index (χ4n) is 3.50. The first-order valence-electron chi connectivity index (χ1n) is 10.6. The zero-order chi connectivity index (χ0) is 24.2. The van der Waals surface area contributed by atoms with Crippen LogP contribution in [0, 0.1) is 5.82 Å². The molecule has 3 rings (SSSR count). The summed E-state index contributed by atoms with van der Waals surface area (Å²) in [6.45, 7) is 6.74. The Hall–Kier alpha value is -3.24. The molecule has 0 bridgehead atoms. The molecule has 33 heavy (non-hydrogen) atoms. The molecule has 10 heteroatoms. The third kappa shape index (κ3) is 5.58. The number of nitrogens with zero attached hydrogens (tertiary/aromatic N) is 2. The number of hydrogen-bond donors (Lipinski definition) is 2. The summed E-state index contributed by atoms with van der Waals surface area (Å²) >= 11 is 0. The summed E-state index contributed by atoms with van der Waals surface area (Å²) < 4.78 is 42.7. The van der Waals surface area contributed by atoms with Gasteiger partial charge in [0.2, 0.25) is 21.8 Å². The molecule has 2 aromatic carbocycles. The van der Waals surface area contributed by atoms with Gasteiger partial charge < -0.3 is 14.8 Å². The van der Waals surface area contributed by atoms with Gasteiger partial charge in [-0.25, -0.2) is 12.8 Å². The van der Waals surface area contributed by atoms with Crippen molar-refractivity contribution in [3.8, 4) is 0 Å². The largest absolute Gasteiger partial charge is 0.342 e. The van der Waals surface area contributed by atoms with Crippen LogP contribution < -0.4 is 10.0 Å². The second-order valence-electron chi connectivity index (χ2n) is 7.55. The SMILES string of the molecule is CCN(CC)C(=O)Cn1ccc2cc(NC(=O)[C@H](C)NS(=O)(=O)c3ccccc3F)ccc21. The highest BCUT2D eigenvalue weighted by molar-refractivity contribution is 7.89. The zero-order valence-electron chi connectivity index (χ0n) is 18.7. The number of hydrogen-bond acceptors (Lipinski definition) is 4. The van der Waals surface area contributed by atoms with E-state index in [0.29, 0.717) is 18.8 Å². The predicted molar refractivity (Wildman–Crippen MR) is 125 cm³/mol. The molecule has 2 N–H and O–H groups in total. The number of carbonyl (C=O) groups is 2. The maximum absolute atomic E-state index is 13.9. The fraction of sp³-hybridized carbons (Fsp3) is 0.304. The Labute approximate surface area is 192 Å². The van der Waals surface area contributed by atoms with Gasteiger partial charge in [-0.3, -0.25) is 9.59 Å². The molecule has 0 saturated carbocycles. The van der Waals surface area contributed by atoms with E-state index in [0.717, 1.165) is 23.0 Å². The average Bonchev–Trinajstić information content (AvgIpc) is 3.16. The number of carbonyl (C=O) groups excluding carboxylic acids is 2. The lowest BCUT2D eigenvalue weighted by molar-refractivity contribution is -0.131. The topological polar surface area (TPSA) is 101 Å². The van der Waals surface area contributed by atoms with Crippen molar-refractivity contribution in [2.75, 3.05) is 18.4 Å². The van der Waals surface area contributed by atoms with Crippen molar-refractivity contribution in [3.05, 3.63) is 60.5 Å². The fourth-order valence-corrected chi connectivity index (χ4v) is 4.78. The smallest absolute Gasteiger partial charge is 0.244 e. The van der Waals surface area contributed by atoms with Crippen LogP contribution >= 0.6 is 0 Å². The van der Waals surface area contributed by atoms with E-state index in [9.17, 15) is 22.4 Å². The number of nitrogens with one attached hydrogen (secondary N) is 2. The van der Waals surface area contributed by atoms with Crippen LogP contribution in [0.15, 0.2) is 59.6 Å². The molecule has 0 radical (unpaired) electrons. The molecule has 0 saturated heterocycles. The third-order valence-corrected chi connectivity index (χ3v) is 6.89. The molecule has 2 amide bonds. The van der Waals surface area contributed by atoms with Crippen molar-refractivity contribution in [2.45, 2.75) is 38.3 Å². The summed E-state index contributed by atoms with van der Waals surface area (Å²) in [6.07, 6.45) is 1.81. The summed E-state index contributed by atoms with van der Waals surface area (Å²) in [5.74, 6) is -1.47. The molecule has 3 aromatic rings. The summed E-state index contributed by atoms with van der Waals surface area (Å²) in [5.41, 5.74) is 1.30. The number of likely N-dealkylation sites (N-methyl/N-ethyl adjacent to an activating group) is 1. The Balaban J connectivity index is 1.70. The van der Waals surface area contributed by atoms with Crippen LogP contribution in [0.25, 0.3) is 10.9 Å². The van der Waals surface area contributed by atoms with E-state index >= 15 is 0 Å². The average molecular weight is 475 g/mol. The quantitative estimate of drug-likeness (QED) is 0.498. The predicted octanol–water partition coefficient (Wildman–Crippen LogP) is 2.95. The van der Waals surface area contributed by atoms with Crippen molar-refractivity contribution in [1.29, 1.82) is 0 Å². The first-order chi connectivity index (χ1) is 15.7. The van der Waals surface area contributed by atoms with E-state index in [1.165, 1.54) is 19.1 Å². The lowest BCUT2D eigenvalue weighted by Crippen LogP contribution is -2.41. The molecule has 1 aromatic heterocycles. The van der Waals surface area contributed by atoms with E-state index in [2.05, 4.69) is 10.0 Å². The molecule has 0 fully saturated rings. The number of rotatable bonds is 9. The Morgan fingerprint density at radius 3 is 2.45 bits per heavy atom. The molecule has 0 spiro atoms. The van der Waals surface area contributed by atoms with Crippen LogP contribution in [-0.2, 0) is 26.2 Å². The molecular weight excluding hydrogens is 447 g/mol. The van der Waals surface area contributed by atoms with Gasteiger partial charge in [0, 0.05) is 35.9 Å². The van der Waals surface area contributed by atoms with Crippen LogP contribution in [0.4, 0.5) is 10.1 Å². The highest BCUT2D eigenvalue weighted by atomic mass is 32.2. The van der Waals surface area contributed by atoms with Gasteiger partial charge in [-0.2, -0.15) is 4.72 Å². The molecule has 0 unspecified atom stereocenters. The second-order valence-corrected chi connectivity index (χ2v) is 9.23. The monoisotopic (exact) mass is 474 g/mol. The maximum atomic E-state index is 13.9. The molecular formula is C23H27FN4O4S. The van der Waals surface area contributed by atoms with Gasteiger partial charge in [0.1, 0.15) is 17.3 Å². The standard InChI is InChI=1S/C23H27FN4O4S/c1-4-27(5-2)22(29)15-28-13-12-17-14-18(10-11-20(17)28)25-23(30)16(3)26-33(31,32)21-9-7-6-8-19(21)24/h6-14,16,26H,4-5,15H2,1-3H3,(H,25,30)/t16-/m0/s1. The van der Waals surface area contributed by atoms with Gasteiger partial charge in [0.05, 0.1) is 6.04 Å². The van der Waals surface area contributed by atoms with E-state index in [1.54, 1.807) is 23.1 Å². The van der Waals surface area contributed by atoms with Gasteiger partial charge in [0.15, 0.2) is 0 Å². The van der Waals surface area contributed by atoms with Crippen molar-refractivity contribution in [2.24, 2.45) is 0 Å². The zero-order valence-corrected chi connectivity index (χ0v) is 19.5. The van der Waals surface area contributed by atoms with E-state index in [-0.39, 0.29) is 12.5 Å². The Morgan fingerprint density at radius 2 is 1.79 bits per heavy atom. The summed E-state index contributed by atoms with van der Waals surface area (Å²) in [4.78, 5) is 26.2. The molecule has 0 aliphatic heterocycles. The number of aromatic nitrogens is 1. The molecule has 0 aliphatic rings. The first kappa shape index (κ1) is 24.4. The van der Waals surface area contributed by atoms with E-state index in [1.807, 2.05) is 30.7 Å². The minimum Gasteiger partial charge on any atom is -0.342 e. The van der Waals surface area contributed by atoms with E-state index < -0.39 is 32.7 Å². The number of benzene rings is 2. The maximum Gasteiger partial charge on any atom is 0.244 e. The Kier molecular flexibility index (Phi) is 7.50. The van der Waals surface area contributed by atoms with Crippen molar-refractivity contribution in [3.63, 3.8) is 0 Å². The lowest BCUT2D eigenvalue weighted by atomic mass is 10.2. The lowest BCUT2D eigenvalue weighted by Gasteiger charge is -2.19. The highest BCUT2D eigenvalue weighted by Gasteiger charge is 2.24. The van der Waals surface area contributed by atoms with Gasteiger partial charge >= 0.3 is 0 Å². The molecule has 8 nitrogen and oxygen atoms in total. The second kappa shape index (κ2) is 10.1. The number of fused-ring (bicyclic) bond motifs is 1. The van der Waals surface area contributed by atoms with Crippen molar-refractivity contribution in [1.82, 2.24) is 14.2 Å². The highest BCUT2D eigenvalue weighted by Crippen LogP contribution is 2.21. The van der Waals surface area contributed by atoms with Gasteiger partial charge in [-0.1, -0.05) is 12.1 Å². The van der Waals surface area contributed by atoms with Crippen LogP contribution in [0.3, 0.4) is 0 Å². The number of sulfonamides is 1. The normalized spacial score (nSPS) is 12.5. The Bertz CT molecular complexity index is 1270. The number of halogens is 1. The summed E-state index contributed by atoms with van der Waals surface area (Å²) in [5, 5.41) is 3.48. The molecule has 0 aliphatic carbocycles. The number of amides is 2. The van der Waals surface area contributed by atoms with Crippen molar-refractivity contribution < 1.29 is 22.4 Å². The molecule has 176 valence electrons. The van der Waals surface area contributed by atoms with E-state index in [4.69, 9.17) is 0 Å². The molecule has 1 heterocycles. The number of anilines is 1. The van der Waals surface area contributed by atoms with Crippen LogP contribution in [0.5, 0.6) is 0 Å². The minimum absolute atomic E-state index is 0.0193. The summed E-state index contributed by atoms with van der Waals surface area (Å²) in [7, 11) is -4.21. The molecule has 1 atom stereocenters. The van der Waals surface area contributed by atoms with Crippen LogP contribution in [0.1, 0.15) is 20.8 Å². The minimum atomic E-state index is -4.21. The first-order valence-corrected chi connectivity index (χ1v) is 12.1. The van der Waals surface area contributed by atoms with Crippen LogP contribution in [-0.4, -0.2) is 48.8 Å². The Morgan fingerprint density at radius 1 is 1.09 bits per heavy atom. The van der Waals surface area contributed by atoms with Crippen molar-refractivity contribution >= 4 is 38.4 Å². The van der Waals surface area contributed by atoms with Gasteiger partial charge in [-0.05, 0) is 57.2 Å². The third-order valence-electron chi connectivity index (χ3n) is 5.31. The van der Waals surface area contributed by atoms with Gasteiger partial charge in [0.25, 0.3) is 0 Å². The summed E-state index contributed by atoms with van der Waals surface area (Å²) in [6, 6.07) is 10.9. The van der Waals surface area contributed by atoms with Crippen LogP contribution in [0.2, 0.25) is 0 Å².